The van der Waals surface area contributed by atoms with Crippen molar-refractivity contribution in [1.29, 1.82) is 0 Å². The molecular formula is C40H22N2O2. The van der Waals surface area contributed by atoms with Gasteiger partial charge in [-0.2, -0.15) is 0 Å². The number of rotatable bonds is 3. The topological polar surface area (TPSA) is 52.1 Å². The van der Waals surface area contributed by atoms with Gasteiger partial charge in [0, 0.05) is 43.6 Å². The van der Waals surface area contributed by atoms with E-state index < -0.39 is 0 Å². The largest absolute Gasteiger partial charge is 0.456 e. The average molecular weight is 563 g/mol. The maximum atomic E-state index is 6.30. The Morgan fingerprint density at radius 3 is 1.80 bits per heavy atom. The normalized spacial score (nSPS) is 12.1. The third-order valence-electron chi connectivity index (χ3n) is 8.86. The summed E-state index contributed by atoms with van der Waals surface area (Å²) in [5.74, 6) is 0.680. The molecule has 4 nitrogen and oxygen atoms in total. The van der Waals surface area contributed by atoms with Gasteiger partial charge in [0.1, 0.15) is 22.3 Å². The first kappa shape index (κ1) is 23.6. The molecule has 44 heavy (non-hydrogen) atoms. The number of nitrogens with zero attached hydrogens (tertiary/aromatic N) is 2. The van der Waals surface area contributed by atoms with Gasteiger partial charge < -0.3 is 8.83 Å². The lowest BCUT2D eigenvalue weighted by Crippen LogP contribution is -1.97. The predicted molar refractivity (Wildman–Crippen MR) is 179 cm³/mol. The molecule has 0 radical (unpaired) electrons. The van der Waals surface area contributed by atoms with Crippen molar-refractivity contribution < 1.29 is 8.83 Å². The molecule has 0 atom stereocenters. The Bertz CT molecular complexity index is 2720. The molecule has 0 saturated heterocycles. The highest BCUT2D eigenvalue weighted by Gasteiger charge is 2.21. The van der Waals surface area contributed by atoms with Crippen LogP contribution in [-0.4, -0.2) is 9.97 Å². The van der Waals surface area contributed by atoms with Gasteiger partial charge in [-0.3, -0.25) is 0 Å². The molecule has 204 valence electrons. The van der Waals surface area contributed by atoms with Gasteiger partial charge in [0.05, 0.1) is 11.4 Å². The maximum Gasteiger partial charge on any atom is 0.161 e. The van der Waals surface area contributed by atoms with Crippen LogP contribution in [0.2, 0.25) is 0 Å². The Balaban J connectivity index is 1.28. The molecule has 0 fully saturated rings. The van der Waals surface area contributed by atoms with Crippen molar-refractivity contribution in [1.82, 2.24) is 9.97 Å². The maximum absolute atomic E-state index is 6.30. The Morgan fingerprint density at radius 1 is 0.364 bits per heavy atom. The second-order valence-electron chi connectivity index (χ2n) is 11.3. The average Bonchev–Trinajstić information content (AvgIpc) is 3.66. The third-order valence-corrected chi connectivity index (χ3v) is 8.86. The van der Waals surface area contributed by atoms with Crippen LogP contribution in [0.5, 0.6) is 0 Å². The zero-order chi connectivity index (χ0) is 28.8. The zero-order valence-electron chi connectivity index (χ0n) is 23.4. The molecule has 0 unspecified atom stereocenters. The molecule has 0 spiro atoms. The molecule has 0 aliphatic heterocycles. The van der Waals surface area contributed by atoms with Gasteiger partial charge in [-0.05, 0) is 52.6 Å². The molecule has 0 aliphatic carbocycles. The number of aromatic nitrogens is 2. The molecule has 4 heteroatoms. The van der Waals surface area contributed by atoms with E-state index in [1.165, 1.54) is 10.8 Å². The molecule has 0 bridgehead atoms. The summed E-state index contributed by atoms with van der Waals surface area (Å²) in [6.45, 7) is 0. The Morgan fingerprint density at radius 2 is 0.955 bits per heavy atom. The second kappa shape index (κ2) is 8.76. The summed E-state index contributed by atoms with van der Waals surface area (Å²) in [5, 5.41) is 9.13. The van der Waals surface area contributed by atoms with E-state index in [4.69, 9.17) is 18.8 Å². The van der Waals surface area contributed by atoms with E-state index in [0.717, 1.165) is 82.7 Å². The van der Waals surface area contributed by atoms with Crippen LogP contribution in [0.3, 0.4) is 0 Å². The molecule has 7 aromatic carbocycles. The van der Waals surface area contributed by atoms with Crippen LogP contribution in [0.15, 0.2) is 142 Å². The summed E-state index contributed by atoms with van der Waals surface area (Å²) in [4.78, 5) is 10.5. The van der Waals surface area contributed by atoms with E-state index in [1.807, 2.05) is 36.4 Å². The van der Waals surface area contributed by atoms with Crippen LogP contribution in [-0.2, 0) is 0 Å². The molecule has 3 heterocycles. The molecule has 0 aliphatic rings. The highest BCUT2D eigenvalue weighted by molar-refractivity contribution is 6.34. The number of furan rings is 2. The van der Waals surface area contributed by atoms with E-state index >= 15 is 0 Å². The SMILES string of the molecule is c1ccc(-c2cc(-c3ccc4c(c3)oc3ccccc34)nc(-c3cccc4c5cccc6oc7cccc(c34)c7c65)n2)cc1. The van der Waals surface area contributed by atoms with Crippen LogP contribution in [0.4, 0.5) is 0 Å². The van der Waals surface area contributed by atoms with Crippen molar-refractivity contribution in [2.24, 2.45) is 0 Å². The fraction of sp³-hybridized carbons (Fsp3) is 0. The van der Waals surface area contributed by atoms with Crippen LogP contribution in [0, 0.1) is 0 Å². The van der Waals surface area contributed by atoms with Crippen molar-refractivity contribution in [3.8, 4) is 33.9 Å². The lowest BCUT2D eigenvalue weighted by molar-refractivity contribution is 0.669. The number of para-hydroxylation sites is 1. The number of hydrogen-bond donors (Lipinski definition) is 0. The molecular weight excluding hydrogens is 540 g/mol. The van der Waals surface area contributed by atoms with Crippen molar-refractivity contribution in [3.05, 3.63) is 133 Å². The van der Waals surface area contributed by atoms with Crippen molar-refractivity contribution in [3.63, 3.8) is 0 Å². The van der Waals surface area contributed by atoms with Crippen LogP contribution < -0.4 is 0 Å². The van der Waals surface area contributed by atoms with Gasteiger partial charge >= 0.3 is 0 Å². The highest BCUT2D eigenvalue weighted by Crippen LogP contribution is 2.45. The second-order valence-corrected chi connectivity index (χ2v) is 11.3. The van der Waals surface area contributed by atoms with Crippen molar-refractivity contribution in [2.45, 2.75) is 0 Å². The molecule has 0 amide bonds. The number of fused-ring (bicyclic) bond motifs is 6. The minimum atomic E-state index is 0.680. The molecule has 0 N–H and O–H groups in total. The first-order valence-corrected chi connectivity index (χ1v) is 14.7. The highest BCUT2D eigenvalue weighted by atomic mass is 16.3. The van der Waals surface area contributed by atoms with E-state index in [9.17, 15) is 0 Å². The van der Waals surface area contributed by atoms with Gasteiger partial charge in [0.15, 0.2) is 5.82 Å². The van der Waals surface area contributed by atoms with Crippen LogP contribution in [0.25, 0.3) is 99.3 Å². The Kier molecular flexibility index (Phi) is 4.69. The smallest absolute Gasteiger partial charge is 0.161 e. The summed E-state index contributed by atoms with van der Waals surface area (Å²) < 4.78 is 12.6. The predicted octanol–water partition coefficient (Wildman–Crippen LogP) is 11.0. The fourth-order valence-corrected chi connectivity index (χ4v) is 6.91. The summed E-state index contributed by atoms with van der Waals surface area (Å²) >= 11 is 0. The van der Waals surface area contributed by atoms with E-state index in [2.05, 4.69) is 97.1 Å². The Labute approximate surface area is 251 Å². The third kappa shape index (κ3) is 3.28. The van der Waals surface area contributed by atoms with E-state index in [0.29, 0.717) is 5.82 Å². The summed E-state index contributed by atoms with van der Waals surface area (Å²) in [5.41, 5.74) is 8.24. The standard InChI is InChI=1S/C40H22N2O2/c1-2-9-23(10-3-1)31-22-32(24-19-20-26-25-11-4-5-16-33(25)43-36(26)21-24)42-40(41-31)30-15-6-12-27-28-13-7-17-34-38(28)39-29(37(27)30)14-8-18-35(39)44-34/h1-22H. The number of hydrogen-bond acceptors (Lipinski definition) is 4. The van der Waals surface area contributed by atoms with Crippen molar-refractivity contribution >= 4 is 65.4 Å². The molecule has 10 rings (SSSR count). The molecule has 3 aromatic heterocycles. The first-order valence-electron chi connectivity index (χ1n) is 14.7. The van der Waals surface area contributed by atoms with Gasteiger partial charge in [-0.15, -0.1) is 0 Å². The first-order chi connectivity index (χ1) is 21.8. The zero-order valence-corrected chi connectivity index (χ0v) is 23.4. The van der Waals surface area contributed by atoms with Crippen LogP contribution in [0.1, 0.15) is 0 Å². The summed E-state index contributed by atoms with van der Waals surface area (Å²) in [7, 11) is 0. The van der Waals surface area contributed by atoms with Gasteiger partial charge in [-0.1, -0.05) is 97.1 Å². The monoisotopic (exact) mass is 562 g/mol. The van der Waals surface area contributed by atoms with E-state index in [-0.39, 0.29) is 0 Å². The lowest BCUT2D eigenvalue weighted by Gasteiger charge is -2.14. The van der Waals surface area contributed by atoms with E-state index in [1.54, 1.807) is 0 Å². The number of benzene rings is 7. The Hall–Kier alpha value is -6.00. The quantitative estimate of drug-likeness (QED) is 0.201. The lowest BCUT2D eigenvalue weighted by atomic mass is 9.91. The van der Waals surface area contributed by atoms with Gasteiger partial charge in [0.25, 0.3) is 0 Å². The molecule has 10 aromatic rings. The summed E-state index contributed by atoms with van der Waals surface area (Å²) in [6, 6.07) is 45.9. The van der Waals surface area contributed by atoms with Crippen molar-refractivity contribution in [2.75, 3.05) is 0 Å². The minimum absolute atomic E-state index is 0.680. The molecule has 0 saturated carbocycles. The minimum Gasteiger partial charge on any atom is -0.456 e. The summed E-state index contributed by atoms with van der Waals surface area (Å²) in [6.07, 6.45) is 0. The van der Waals surface area contributed by atoms with Gasteiger partial charge in [-0.25, -0.2) is 9.97 Å². The van der Waals surface area contributed by atoms with Crippen LogP contribution >= 0.6 is 0 Å². The van der Waals surface area contributed by atoms with Gasteiger partial charge in [0.2, 0.25) is 0 Å². The fourth-order valence-electron chi connectivity index (χ4n) is 6.91.